The summed E-state index contributed by atoms with van der Waals surface area (Å²) in [6, 6.07) is 3.39. The van der Waals surface area contributed by atoms with Gasteiger partial charge in [-0.1, -0.05) is 0 Å². The van der Waals surface area contributed by atoms with Crippen LogP contribution < -0.4 is 5.32 Å². The molecule has 2 heterocycles. The fraction of sp³-hybridized carbons (Fsp3) is 0.476. The van der Waals surface area contributed by atoms with Crippen molar-refractivity contribution in [3.05, 3.63) is 56.8 Å². The maximum Gasteiger partial charge on any atom is 0.416 e. The molecule has 1 fully saturated rings. The van der Waals surface area contributed by atoms with Gasteiger partial charge in [0.25, 0.3) is 0 Å². The summed E-state index contributed by atoms with van der Waals surface area (Å²) in [5.74, 6) is -0.766. The molecular weight excluding hydrogens is 478 g/mol. The smallest absolute Gasteiger partial charge is 0.341 e. The van der Waals surface area contributed by atoms with Crippen molar-refractivity contribution < 1.29 is 31.1 Å². The monoisotopic (exact) mass is 500 g/mol. The molecule has 3 rings (SSSR count). The van der Waals surface area contributed by atoms with E-state index in [1.165, 1.54) is 11.9 Å². The summed E-state index contributed by atoms with van der Waals surface area (Å²) in [5, 5.41) is 5.19. The number of benzene rings is 1. The van der Waals surface area contributed by atoms with E-state index in [4.69, 9.17) is 0 Å². The molecule has 3 nitrogen and oxygen atoms in total. The molecule has 0 aliphatic carbocycles. The zero-order valence-electron chi connectivity index (χ0n) is 17.3. The third-order valence-corrected chi connectivity index (χ3v) is 6.63. The maximum atomic E-state index is 13.1. The molecule has 1 aliphatic rings. The molecule has 1 saturated heterocycles. The molecule has 0 spiro atoms. The number of rotatable bonds is 4. The van der Waals surface area contributed by atoms with Crippen molar-refractivity contribution in [2.45, 2.75) is 38.2 Å². The van der Waals surface area contributed by atoms with Gasteiger partial charge in [0.15, 0.2) is 0 Å². The van der Waals surface area contributed by atoms with Crippen molar-refractivity contribution in [3.63, 3.8) is 0 Å². The Bertz CT molecular complexity index is 911. The molecule has 178 valence electrons. The van der Waals surface area contributed by atoms with Gasteiger partial charge in [-0.3, -0.25) is 4.79 Å². The normalized spacial score (nSPS) is 19.4. The van der Waals surface area contributed by atoms with E-state index in [-0.39, 0.29) is 42.4 Å². The van der Waals surface area contributed by atoms with Crippen LogP contribution in [-0.2, 0) is 23.7 Å². The number of carbonyl (C=O) groups is 1. The molecule has 1 amide bonds. The summed E-state index contributed by atoms with van der Waals surface area (Å²) in [7, 11) is 1.41. The second-order valence-electron chi connectivity index (χ2n) is 7.78. The summed E-state index contributed by atoms with van der Waals surface area (Å²) in [5.41, 5.74) is -1.91. The van der Waals surface area contributed by atoms with Gasteiger partial charge in [-0.05, 0) is 60.7 Å². The van der Waals surface area contributed by atoms with Crippen LogP contribution >= 0.6 is 23.7 Å². The van der Waals surface area contributed by atoms with Gasteiger partial charge in [0.05, 0.1) is 11.1 Å². The van der Waals surface area contributed by atoms with Crippen LogP contribution in [0.15, 0.2) is 29.6 Å². The van der Waals surface area contributed by atoms with Crippen molar-refractivity contribution in [1.82, 2.24) is 10.2 Å². The Morgan fingerprint density at radius 2 is 1.72 bits per heavy atom. The van der Waals surface area contributed by atoms with Crippen molar-refractivity contribution in [2.24, 2.45) is 5.92 Å². The summed E-state index contributed by atoms with van der Waals surface area (Å²) in [6.45, 7) is 2.82. The lowest BCUT2D eigenvalue weighted by molar-refractivity contribution is -0.143. The Balaban J connectivity index is 0.00000363. The Labute approximate surface area is 192 Å². The molecule has 1 aliphatic heterocycles. The number of nitrogens with one attached hydrogen (secondary N) is 1. The number of halogens is 7. The van der Waals surface area contributed by atoms with Crippen molar-refractivity contribution in [3.8, 4) is 0 Å². The average molecular weight is 501 g/mol. The van der Waals surface area contributed by atoms with E-state index in [9.17, 15) is 31.1 Å². The summed E-state index contributed by atoms with van der Waals surface area (Å²) >= 11 is 1.54. The lowest BCUT2D eigenvalue weighted by Crippen LogP contribution is -2.43. The second kappa shape index (κ2) is 10.0. The van der Waals surface area contributed by atoms with Crippen LogP contribution in [0.25, 0.3) is 0 Å². The van der Waals surface area contributed by atoms with Gasteiger partial charge in [-0.2, -0.15) is 26.3 Å². The number of thiophene rings is 1. The van der Waals surface area contributed by atoms with Gasteiger partial charge >= 0.3 is 12.4 Å². The molecule has 1 aromatic heterocycles. The summed E-state index contributed by atoms with van der Waals surface area (Å²) in [4.78, 5) is 15.4. The quantitative estimate of drug-likeness (QED) is 0.533. The fourth-order valence-corrected chi connectivity index (χ4v) is 5.03. The molecule has 11 heteroatoms. The van der Waals surface area contributed by atoms with E-state index in [2.05, 4.69) is 5.32 Å². The molecule has 32 heavy (non-hydrogen) atoms. The average Bonchev–Trinajstić information content (AvgIpc) is 3.11. The second-order valence-corrected chi connectivity index (χ2v) is 8.73. The lowest BCUT2D eigenvalue weighted by atomic mass is 9.83. The highest BCUT2D eigenvalue weighted by molar-refractivity contribution is 7.10. The molecule has 0 bridgehead atoms. The number of aryl methyl sites for hydroxylation is 1. The molecular formula is C21H23ClF6N2OS. The number of alkyl halides is 6. The number of nitrogens with zero attached hydrogens (tertiary/aromatic N) is 1. The van der Waals surface area contributed by atoms with Crippen LogP contribution in [-0.4, -0.2) is 30.9 Å². The Kier molecular flexibility index (Phi) is 8.28. The van der Waals surface area contributed by atoms with Gasteiger partial charge in [0, 0.05) is 36.9 Å². The van der Waals surface area contributed by atoms with Gasteiger partial charge in [0.2, 0.25) is 5.91 Å². The first-order chi connectivity index (χ1) is 14.4. The minimum Gasteiger partial charge on any atom is -0.341 e. The minimum atomic E-state index is -4.92. The van der Waals surface area contributed by atoms with Gasteiger partial charge in [0.1, 0.15) is 0 Å². The zero-order valence-corrected chi connectivity index (χ0v) is 18.9. The number of piperidine rings is 1. The van der Waals surface area contributed by atoms with Crippen LogP contribution in [0.5, 0.6) is 0 Å². The largest absolute Gasteiger partial charge is 0.416 e. The van der Waals surface area contributed by atoms with E-state index in [0.717, 1.165) is 10.4 Å². The number of hydrogen-bond acceptors (Lipinski definition) is 3. The van der Waals surface area contributed by atoms with Crippen molar-refractivity contribution in [2.75, 3.05) is 20.1 Å². The SMILES string of the molecule is Cc1ccsc1[C@H]1CNCC[C@@H]1C(=O)N(C)Cc1cc(C(F)(F)F)cc(C(F)(F)F)c1.Cl. The van der Waals surface area contributed by atoms with E-state index in [1.807, 2.05) is 18.4 Å². The zero-order chi connectivity index (χ0) is 23.0. The fourth-order valence-electron chi connectivity index (χ4n) is 3.94. The first kappa shape index (κ1) is 26.5. The van der Waals surface area contributed by atoms with E-state index >= 15 is 0 Å². The maximum absolute atomic E-state index is 13.1. The number of amides is 1. The summed E-state index contributed by atoms with van der Waals surface area (Å²) < 4.78 is 78.7. The number of hydrogen-bond donors (Lipinski definition) is 1. The predicted octanol–water partition coefficient (Wildman–Crippen LogP) is 5.87. The lowest BCUT2D eigenvalue weighted by Gasteiger charge is -2.34. The first-order valence-corrected chi connectivity index (χ1v) is 10.5. The Morgan fingerprint density at radius 3 is 2.22 bits per heavy atom. The van der Waals surface area contributed by atoms with Crippen LogP contribution in [0.4, 0.5) is 26.3 Å². The van der Waals surface area contributed by atoms with Crippen molar-refractivity contribution >= 4 is 29.7 Å². The van der Waals surface area contributed by atoms with Crippen LogP contribution in [0.2, 0.25) is 0 Å². The molecule has 0 saturated carbocycles. The molecule has 1 N–H and O–H groups in total. The van der Waals surface area contributed by atoms with Gasteiger partial charge in [-0.25, -0.2) is 0 Å². The topological polar surface area (TPSA) is 32.3 Å². The molecule has 0 unspecified atom stereocenters. The van der Waals surface area contributed by atoms with Gasteiger partial charge in [-0.15, -0.1) is 23.7 Å². The molecule has 2 aromatic rings. The highest BCUT2D eigenvalue weighted by Gasteiger charge is 2.38. The molecule has 1 aromatic carbocycles. The number of carbonyl (C=O) groups excluding carboxylic acids is 1. The van der Waals surface area contributed by atoms with Crippen molar-refractivity contribution in [1.29, 1.82) is 0 Å². The van der Waals surface area contributed by atoms with E-state index in [0.29, 0.717) is 31.6 Å². The van der Waals surface area contributed by atoms with Crippen LogP contribution in [0.1, 0.15) is 39.5 Å². The standard InChI is InChI=1S/C21H22F6N2OS.ClH/c1-12-4-6-31-18(12)17-10-28-5-3-16(17)19(30)29(2)11-13-7-14(20(22,23)24)9-15(8-13)21(25,26)27;/h4,6-9,16-17,28H,3,5,10-11H2,1-2H3;1H/t16-,17-;/m0./s1. The first-order valence-electron chi connectivity index (χ1n) is 9.66. The predicted molar refractivity (Wildman–Crippen MR) is 113 cm³/mol. The third-order valence-electron chi connectivity index (χ3n) is 5.48. The summed E-state index contributed by atoms with van der Waals surface area (Å²) in [6.07, 6.45) is -9.30. The highest BCUT2D eigenvalue weighted by atomic mass is 35.5. The molecule has 0 radical (unpaired) electrons. The van der Waals surface area contributed by atoms with Crippen LogP contribution in [0.3, 0.4) is 0 Å². The van der Waals surface area contributed by atoms with E-state index in [1.54, 1.807) is 11.3 Å². The minimum absolute atomic E-state index is 0. The van der Waals surface area contributed by atoms with Crippen LogP contribution in [0, 0.1) is 12.8 Å². The Morgan fingerprint density at radius 1 is 1.12 bits per heavy atom. The highest BCUT2D eigenvalue weighted by Crippen LogP contribution is 2.38. The third kappa shape index (κ3) is 5.96. The molecule has 2 atom stereocenters. The van der Waals surface area contributed by atoms with Gasteiger partial charge < -0.3 is 10.2 Å². The van der Waals surface area contributed by atoms with E-state index < -0.39 is 29.4 Å². The Hall–Kier alpha value is -1.78.